The molecule has 0 aliphatic rings. The van der Waals surface area contributed by atoms with E-state index >= 15 is 0 Å². The molecule has 4 heteroatoms. The van der Waals surface area contributed by atoms with Gasteiger partial charge in [-0.2, -0.15) is 0 Å². The molecule has 28 heavy (non-hydrogen) atoms. The Labute approximate surface area is 165 Å². The molecule has 146 valence electrons. The number of carbonyl (C=O) groups is 1. The van der Waals surface area contributed by atoms with Crippen LogP contribution in [0.3, 0.4) is 0 Å². The van der Waals surface area contributed by atoms with E-state index < -0.39 is 0 Å². The van der Waals surface area contributed by atoms with Gasteiger partial charge in [0.05, 0.1) is 6.26 Å². The molecule has 0 aliphatic carbocycles. The lowest BCUT2D eigenvalue weighted by Gasteiger charge is -2.25. The van der Waals surface area contributed by atoms with Gasteiger partial charge in [-0.15, -0.1) is 0 Å². The highest BCUT2D eigenvalue weighted by molar-refractivity contribution is 5.75. The van der Waals surface area contributed by atoms with Crippen molar-refractivity contribution < 1.29 is 13.6 Å². The molecule has 0 spiro atoms. The molecule has 0 bridgehead atoms. The van der Waals surface area contributed by atoms with Crippen molar-refractivity contribution in [1.82, 2.24) is 4.90 Å². The maximum atomic E-state index is 13.2. The number of rotatable bonds is 9. The molecule has 3 nitrogen and oxygen atoms in total. The maximum absolute atomic E-state index is 13.2. The lowest BCUT2D eigenvalue weighted by atomic mass is 9.93. The third-order valence-electron chi connectivity index (χ3n) is 4.96. The summed E-state index contributed by atoms with van der Waals surface area (Å²) in [4.78, 5) is 14.3. The molecule has 2 aromatic carbocycles. The zero-order chi connectivity index (χ0) is 19.8. The standard InChI is InChI=1S/C24H26FNO2/c1-2-24(27)26(18-20-10-12-22(25)13-11-20)15-14-21(23-9-6-16-28-23)17-19-7-4-3-5-8-19/h3-13,16,21H,2,14-15,17-18H2,1H3/t21-/m1/s1. The molecule has 0 saturated carbocycles. The second kappa shape index (κ2) is 9.88. The quantitative estimate of drug-likeness (QED) is 0.487. The Kier molecular flexibility index (Phi) is 7.01. The molecule has 0 unspecified atom stereocenters. The summed E-state index contributed by atoms with van der Waals surface area (Å²) in [6, 6.07) is 20.6. The van der Waals surface area contributed by atoms with Crippen molar-refractivity contribution in [3.63, 3.8) is 0 Å². The van der Waals surface area contributed by atoms with Crippen LogP contribution in [0, 0.1) is 5.82 Å². The smallest absolute Gasteiger partial charge is 0.222 e. The van der Waals surface area contributed by atoms with Crippen molar-refractivity contribution in [3.8, 4) is 0 Å². The number of hydrogen-bond donors (Lipinski definition) is 0. The number of benzene rings is 2. The van der Waals surface area contributed by atoms with Crippen molar-refractivity contribution in [1.29, 1.82) is 0 Å². The van der Waals surface area contributed by atoms with Gasteiger partial charge < -0.3 is 9.32 Å². The van der Waals surface area contributed by atoms with E-state index in [2.05, 4.69) is 12.1 Å². The van der Waals surface area contributed by atoms with Gasteiger partial charge in [0.1, 0.15) is 11.6 Å². The fourth-order valence-corrected chi connectivity index (χ4v) is 3.40. The van der Waals surface area contributed by atoms with E-state index in [-0.39, 0.29) is 17.6 Å². The van der Waals surface area contributed by atoms with Crippen LogP contribution in [0.25, 0.3) is 0 Å². The molecule has 1 atom stereocenters. The minimum absolute atomic E-state index is 0.0993. The van der Waals surface area contributed by atoms with Crippen LogP contribution in [-0.2, 0) is 17.8 Å². The number of furan rings is 1. The van der Waals surface area contributed by atoms with Crippen LogP contribution in [0.1, 0.15) is 42.6 Å². The molecule has 0 radical (unpaired) electrons. The predicted octanol–water partition coefficient (Wildman–Crippen LogP) is 5.57. The maximum Gasteiger partial charge on any atom is 0.222 e. The van der Waals surface area contributed by atoms with Gasteiger partial charge in [-0.25, -0.2) is 4.39 Å². The van der Waals surface area contributed by atoms with E-state index in [1.165, 1.54) is 17.7 Å². The average molecular weight is 379 g/mol. The molecule has 0 fully saturated rings. The van der Waals surface area contributed by atoms with Gasteiger partial charge in [0.15, 0.2) is 0 Å². The highest BCUT2D eigenvalue weighted by Crippen LogP contribution is 2.26. The first-order valence-corrected chi connectivity index (χ1v) is 9.75. The SMILES string of the molecule is CCC(=O)N(CC[C@H](Cc1ccccc1)c1ccco1)Cc1ccc(F)cc1. The molecule has 0 aliphatic heterocycles. The van der Waals surface area contributed by atoms with Gasteiger partial charge in [-0.05, 0) is 48.2 Å². The molecular weight excluding hydrogens is 353 g/mol. The van der Waals surface area contributed by atoms with E-state index in [0.29, 0.717) is 19.5 Å². The van der Waals surface area contributed by atoms with Gasteiger partial charge in [-0.1, -0.05) is 49.4 Å². The van der Waals surface area contributed by atoms with Crippen molar-refractivity contribution in [3.05, 3.63) is 95.7 Å². The highest BCUT2D eigenvalue weighted by Gasteiger charge is 2.19. The first-order chi connectivity index (χ1) is 13.7. The summed E-state index contributed by atoms with van der Waals surface area (Å²) in [5.41, 5.74) is 2.18. The molecule has 0 saturated heterocycles. The third-order valence-corrected chi connectivity index (χ3v) is 4.96. The summed E-state index contributed by atoms with van der Waals surface area (Å²) in [5.74, 6) is 0.965. The molecule has 3 rings (SSSR count). The number of nitrogens with zero attached hydrogens (tertiary/aromatic N) is 1. The van der Waals surface area contributed by atoms with E-state index in [0.717, 1.165) is 24.2 Å². The van der Waals surface area contributed by atoms with Gasteiger partial charge in [0.25, 0.3) is 0 Å². The van der Waals surface area contributed by atoms with Crippen LogP contribution in [0.15, 0.2) is 77.4 Å². The lowest BCUT2D eigenvalue weighted by molar-refractivity contribution is -0.131. The van der Waals surface area contributed by atoms with E-state index in [4.69, 9.17) is 4.42 Å². The Balaban J connectivity index is 1.70. The van der Waals surface area contributed by atoms with Gasteiger partial charge in [0.2, 0.25) is 5.91 Å². The third kappa shape index (κ3) is 5.56. The van der Waals surface area contributed by atoms with Crippen LogP contribution in [0.5, 0.6) is 0 Å². The summed E-state index contributed by atoms with van der Waals surface area (Å²) in [6.45, 7) is 2.99. The van der Waals surface area contributed by atoms with Crippen molar-refractivity contribution in [2.24, 2.45) is 0 Å². The number of halogens is 1. The Morgan fingerprint density at radius 2 is 1.75 bits per heavy atom. The Morgan fingerprint density at radius 3 is 2.39 bits per heavy atom. The van der Waals surface area contributed by atoms with Crippen LogP contribution in [0.4, 0.5) is 4.39 Å². The fraction of sp³-hybridized carbons (Fsp3) is 0.292. The summed E-state index contributed by atoms with van der Waals surface area (Å²) in [6.07, 6.45) is 3.81. The topological polar surface area (TPSA) is 33.5 Å². The molecule has 1 aromatic heterocycles. The van der Waals surface area contributed by atoms with Gasteiger partial charge in [0, 0.05) is 25.4 Å². The first-order valence-electron chi connectivity index (χ1n) is 9.75. The zero-order valence-electron chi connectivity index (χ0n) is 16.2. The van der Waals surface area contributed by atoms with Crippen LogP contribution in [-0.4, -0.2) is 17.4 Å². The molecule has 1 heterocycles. The monoisotopic (exact) mass is 379 g/mol. The molecule has 0 N–H and O–H groups in total. The lowest BCUT2D eigenvalue weighted by Crippen LogP contribution is -2.31. The Morgan fingerprint density at radius 1 is 1.00 bits per heavy atom. The van der Waals surface area contributed by atoms with Crippen LogP contribution >= 0.6 is 0 Å². The largest absolute Gasteiger partial charge is 0.469 e. The second-order valence-electron chi connectivity index (χ2n) is 6.99. The first kappa shape index (κ1) is 19.9. The molecule has 3 aromatic rings. The molecule has 1 amide bonds. The summed E-state index contributed by atoms with van der Waals surface area (Å²) < 4.78 is 18.8. The van der Waals surface area contributed by atoms with Crippen molar-refractivity contribution >= 4 is 5.91 Å². The van der Waals surface area contributed by atoms with E-state index in [9.17, 15) is 9.18 Å². The highest BCUT2D eigenvalue weighted by atomic mass is 19.1. The fourth-order valence-electron chi connectivity index (χ4n) is 3.40. The van der Waals surface area contributed by atoms with Crippen molar-refractivity contribution in [2.45, 2.75) is 38.6 Å². The summed E-state index contributed by atoms with van der Waals surface area (Å²) in [7, 11) is 0. The Hall–Kier alpha value is -2.88. The number of hydrogen-bond acceptors (Lipinski definition) is 2. The average Bonchev–Trinajstić information content (AvgIpc) is 3.26. The van der Waals surface area contributed by atoms with Gasteiger partial charge >= 0.3 is 0 Å². The normalized spacial score (nSPS) is 11.9. The van der Waals surface area contributed by atoms with E-state index in [1.807, 2.05) is 42.2 Å². The summed E-state index contributed by atoms with van der Waals surface area (Å²) >= 11 is 0. The van der Waals surface area contributed by atoms with Crippen molar-refractivity contribution in [2.75, 3.05) is 6.54 Å². The van der Waals surface area contributed by atoms with Crippen LogP contribution in [0.2, 0.25) is 0 Å². The minimum atomic E-state index is -0.266. The Bertz CT molecular complexity index is 844. The zero-order valence-corrected chi connectivity index (χ0v) is 16.2. The minimum Gasteiger partial charge on any atom is -0.469 e. The second-order valence-corrected chi connectivity index (χ2v) is 6.99. The number of carbonyl (C=O) groups excluding carboxylic acids is 1. The molecular formula is C24H26FNO2. The van der Waals surface area contributed by atoms with Gasteiger partial charge in [-0.3, -0.25) is 4.79 Å². The summed E-state index contributed by atoms with van der Waals surface area (Å²) in [5, 5.41) is 0. The van der Waals surface area contributed by atoms with Crippen LogP contribution < -0.4 is 0 Å². The number of amides is 1. The predicted molar refractivity (Wildman–Crippen MR) is 108 cm³/mol. The van der Waals surface area contributed by atoms with E-state index in [1.54, 1.807) is 18.4 Å².